The maximum absolute atomic E-state index is 11.2. The first-order valence-corrected chi connectivity index (χ1v) is 11.3. The molecule has 0 unspecified atom stereocenters. The van der Waals surface area contributed by atoms with Gasteiger partial charge in [0, 0.05) is 6.07 Å². The van der Waals surface area contributed by atoms with Gasteiger partial charge >= 0.3 is 35.2 Å². The van der Waals surface area contributed by atoms with Crippen molar-refractivity contribution in [2.45, 2.75) is 51.3 Å². The summed E-state index contributed by atoms with van der Waals surface area (Å²) in [5.41, 5.74) is 0.881. The Hall–Kier alpha value is -1.65. The molecule has 0 aliphatic rings. The van der Waals surface area contributed by atoms with Gasteiger partial charge in [-0.05, 0) is 47.1 Å². The Kier molecular flexibility index (Phi) is 9.74. The van der Waals surface area contributed by atoms with Crippen molar-refractivity contribution in [3.05, 3.63) is 58.1 Å². The first kappa shape index (κ1) is 28.4. The zero-order chi connectivity index (χ0) is 23.4. The monoisotopic (exact) mass is 474 g/mol. The standard InChI is InChI=1S/C22H29NO7S.Na/c1-21(2,3)15-22(4,5)16-6-8-17(9-7-16)29-12-13-30-20-11-10-18(31(26,27)28)14-19(20)23(24)25;/h6-11,14H,12-13,15H2,1-5H3,(H,26,27,28);/q;+1. The maximum Gasteiger partial charge on any atom is 1.00 e. The molecule has 0 heterocycles. The van der Waals surface area contributed by atoms with Crippen molar-refractivity contribution < 1.29 is 56.9 Å². The number of nitrogens with zero attached hydrogens (tertiary/aromatic N) is 1. The smallest absolute Gasteiger partial charge is 0.490 e. The van der Waals surface area contributed by atoms with Gasteiger partial charge in [-0.25, -0.2) is 0 Å². The minimum atomic E-state index is -4.55. The molecule has 32 heavy (non-hydrogen) atoms. The fraction of sp³-hybridized carbons (Fsp3) is 0.455. The molecule has 2 rings (SSSR count). The van der Waals surface area contributed by atoms with Crippen molar-refractivity contribution in [3.63, 3.8) is 0 Å². The van der Waals surface area contributed by atoms with Crippen LogP contribution < -0.4 is 39.0 Å². The third kappa shape index (κ3) is 8.37. The van der Waals surface area contributed by atoms with Crippen LogP contribution in [0.2, 0.25) is 0 Å². The van der Waals surface area contributed by atoms with Gasteiger partial charge in [-0.1, -0.05) is 46.8 Å². The molecule has 170 valence electrons. The fourth-order valence-corrected chi connectivity index (χ4v) is 4.16. The maximum atomic E-state index is 11.2. The molecule has 0 fully saturated rings. The Balaban J connectivity index is 0.00000512. The van der Waals surface area contributed by atoms with Gasteiger partial charge in [-0.2, -0.15) is 8.42 Å². The molecule has 2 aromatic rings. The van der Waals surface area contributed by atoms with Crippen molar-refractivity contribution in [1.82, 2.24) is 0 Å². The van der Waals surface area contributed by atoms with Gasteiger partial charge in [0.1, 0.15) is 23.9 Å². The molecule has 0 saturated carbocycles. The number of hydrogen-bond donors (Lipinski definition) is 1. The number of nitro benzene ring substituents is 1. The molecule has 8 nitrogen and oxygen atoms in total. The molecular formula is C22H29NNaO7S+. The zero-order valence-corrected chi connectivity index (χ0v) is 22.2. The minimum Gasteiger partial charge on any atom is -0.490 e. The third-order valence-corrected chi connectivity index (χ3v) is 5.49. The SMILES string of the molecule is CC(C)(C)CC(C)(C)c1ccc(OCCOc2ccc(S(=O)(=O)O)cc2[N+](=O)[O-])cc1.[Na+]. The topological polar surface area (TPSA) is 116 Å². The van der Waals surface area contributed by atoms with E-state index in [1.807, 2.05) is 24.3 Å². The van der Waals surface area contributed by atoms with E-state index in [2.05, 4.69) is 34.6 Å². The average Bonchev–Trinajstić information content (AvgIpc) is 2.63. The third-order valence-electron chi connectivity index (χ3n) is 4.64. The van der Waals surface area contributed by atoms with Gasteiger partial charge in [-0.15, -0.1) is 0 Å². The van der Waals surface area contributed by atoms with E-state index in [1.165, 1.54) is 5.56 Å². The summed E-state index contributed by atoms with van der Waals surface area (Å²) in [7, 11) is -4.55. The summed E-state index contributed by atoms with van der Waals surface area (Å²) < 4.78 is 42.4. The molecule has 0 aliphatic carbocycles. The van der Waals surface area contributed by atoms with Crippen LogP contribution in [0.15, 0.2) is 47.4 Å². The minimum absolute atomic E-state index is 0. The molecule has 1 N–H and O–H groups in total. The summed E-state index contributed by atoms with van der Waals surface area (Å²) in [4.78, 5) is 9.83. The van der Waals surface area contributed by atoms with E-state index in [0.717, 1.165) is 24.6 Å². The van der Waals surface area contributed by atoms with Gasteiger partial charge in [0.05, 0.1) is 4.92 Å². The fourth-order valence-electron chi connectivity index (χ4n) is 3.66. The number of nitro groups is 1. The normalized spacial score (nSPS) is 12.1. The number of rotatable bonds is 9. The van der Waals surface area contributed by atoms with Gasteiger partial charge in [0.25, 0.3) is 10.1 Å². The zero-order valence-electron chi connectivity index (χ0n) is 19.4. The van der Waals surface area contributed by atoms with E-state index < -0.39 is 25.6 Å². The number of hydrogen-bond acceptors (Lipinski definition) is 6. The summed E-state index contributed by atoms with van der Waals surface area (Å²) in [6, 6.07) is 10.7. The summed E-state index contributed by atoms with van der Waals surface area (Å²) in [6.07, 6.45) is 1.03. The molecular weight excluding hydrogens is 445 g/mol. The van der Waals surface area contributed by atoms with Crippen molar-refractivity contribution >= 4 is 15.8 Å². The van der Waals surface area contributed by atoms with Gasteiger partial charge in [0.2, 0.25) is 0 Å². The Morgan fingerprint density at radius 3 is 2.03 bits per heavy atom. The van der Waals surface area contributed by atoms with Crippen molar-refractivity contribution in [3.8, 4) is 11.5 Å². The second-order valence-corrected chi connectivity index (χ2v) is 10.6. The number of benzene rings is 2. The van der Waals surface area contributed by atoms with Crippen LogP contribution in [0.25, 0.3) is 0 Å². The van der Waals surface area contributed by atoms with E-state index in [0.29, 0.717) is 5.75 Å². The van der Waals surface area contributed by atoms with Gasteiger partial charge in [0.15, 0.2) is 5.75 Å². The van der Waals surface area contributed by atoms with E-state index in [4.69, 9.17) is 14.0 Å². The second-order valence-electron chi connectivity index (χ2n) is 9.20. The molecule has 0 spiro atoms. The predicted molar refractivity (Wildman–Crippen MR) is 117 cm³/mol. The van der Waals surface area contributed by atoms with Gasteiger partial charge < -0.3 is 9.47 Å². The molecule has 0 aliphatic heterocycles. The Labute approximate surface area is 211 Å². The Morgan fingerprint density at radius 2 is 1.53 bits per heavy atom. The van der Waals surface area contributed by atoms with Crippen LogP contribution in [0.1, 0.15) is 46.6 Å². The molecule has 0 atom stereocenters. The van der Waals surface area contributed by atoms with Crippen LogP contribution in [0, 0.1) is 15.5 Å². The Morgan fingerprint density at radius 1 is 0.969 bits per heavy atom. The summed E-state index contributed by atoms with van der Waals surface area (Å²) in [6.45, 7) is 11.2. The van der Waals surface area contributed by atoms with E-state index >= 15 is 0 Å². The first-order valence-electron chi connectivity index (χ1n) is 9.81. The predicted octanol–water partition coefficient (Wildman–Crippen LogP) is 2.02. The van der Waals surface area contributed by atoms with Crippen LogP contribution >= 0.6 is 0 Å². The van der Waals surface area contributed by atoms with Crippen molar-refractivity contribution in [1.29, 1.82) is 0 Å². The van der Waals surface area contributed by atoms with E-state index in [9.17, 15) is 18.5 Å². The van der Waals surface area contributed by atoms with Crippen LogP contribution in [0.5, 0.6) is 11.5 Å². The average molecular weight is 475 g/mol. The van der Waals surface area contributed by atoms with Crippen LogP contribution in [0.3, 0.4) is 0 Å². The van der Waals surface area contributed by atoms with Crippen LogP contribution in [0.4, 0.5) is 5.69 Å². The summed E-state index contributed by atoms with van der Waals surface area (Å²) in [5.74, 6) is 0.537. The summed E-state index contributed by atoms with van der Waals surface area (Å²) >= 11 is 0. The first-order chi connectivity index (χ1) is 14.2. The molecule has 0 saturated heterocycles. The quantitative estimate of drug-likeness (QED) is 0.194. The summed E-state index contributed by atoms with van der Waals surface area (Å²) in [5, 5.41) is 11.2. The van der Waals surface area contributed by atoms with E-state index in [1.54, 1.807) is 0 Å². The second kappa shape index (κ2) is 11.0. The van der Waals surface area contributed by atoms with E-state index in [-0.39, 0.29) is 59.4 Å². The molecule has 10 heteroatoms. The van der Waals surface area contributed by atoms with Crippen LogP contribution in [-0.4, -0.2) is 31.1 Å². The molecule has 0 amide bonds. The molecule has 0 radical (unpaired) electrons. The van der Waals surface area contributed by atoms with Gasteiger partial charge in [-0.3, -0.25) is 14.7 Å². The number of ether oxygens (including phenoxy) is 2. The van der Waals surface area contributed by atoms with Crippen LogP contribution in [-0.2, 0) is 15.5 Å². The molecule has 0 aromatic heterocycles. The molecule has 2 aromatic carbocycles. The largest absolute Gasteiger partial charge is 1.00 e. The Bertz CT molecular complexity index is 1030. The molecule has 0 bridgehead atoms. The van der Waals surface area contributed by atoms with Crippen molar-refractivity contribution in [2.24, 2.45) is 5.41 Å². The van der Waals surface area contributed by atoms with Crippen molar-refractivity contribution in [2.75, 3.05) is 13.2 Å².